The number of hydrogen-bond acceptors (Lipinski definition) is 5. The summed E-state index contributed by atoms with van der Waals surface area (Å²) in [6, 6.07) is 12.1. The fourth-order valence-electron chi connectivity index (χ4n) is 4.02. The number of nitrogens with zero attached hydrogens (tertiary/aromatic N) is 2. The lowest BCUT2D eigenvalue weighted by atomic mass is 10.1. The molecule has 0 aliphatic carbocycles. The quantitative estimate of drug-likeness (QED) is 0.502. The van der Waals surface area contributed by atoms with Crippen LogP contribution in [0.4, 0.5) is 11.4 Å². The molecule has 8 nitrogen and oxygen atoms in total. The van der Waals surface area contributed by atoms with Gasteiger partial charge in [0.25, 0.3) is 10.0 Å². The fraction of sp³-hybridized carbons (Fsp3) is 0.240. The molecule has 10 heteroatoms. The molecule has 2 amide bonds. The van der Waals surface area contributed by atoms with Crippen molar-refractivity contribution in [1.82, 2.24) is 10.3 Å². The Morgan fingerprint density at radius 3 is 2.57 bits per heavy atom. The van der Waals surface area contributed by atoms with Gasteiger partial charge >= 0.3 is 0 Å². The van der Waals surface area contributed by atoms with Gasteiger partial charge in [0.05, 0.1) is 22.7 Å². The van der Waals surface area contributed by atoms with Crippen LogP contribution in [0, 0.1) is 13.8 Å². The SMILES string of the molecule is Cc1cc(S(=O)(=O)N2c3ccccc3NC(=O)[C@@H]2CC(=O)NCCc2ccncc2)c(C)cc1Cl. The summed E-state index contributed by atoms with van der Waals surface area (Å²) in [5.41, 5.74) is 2.70. The minimum absolute atomic E-state index is 0.0343. The average molecular weight is 513 g/mol. The minimum Gasteiger partial charge on any atom is -0.356 e. The number of fused-ring (bicyclic) bond motifs is 1. The largest absolute Gasteiger partial charge is 0.356 e. The number of carbonyl (C=O) groups is 2. The van der Waals surface area contributed by atoms with Crippen LogP contribution in [0.2, 0.25) is 5.02 Å². The molecular weight excluding hydrogens is 488 g/mol. The third-order valence-corrected chi connectivity index (χ3v) is 8.21. The first kappa shape index (κ1) is 24.7. The van der Waals surface area contributed by atoms with Crippen LogP contribution in [0.1, 0.15) is 23.1 Å². The fourth-order valence-corrected chi connectivity index (χ4v) is 6.16. The molecule has 0 radical (unpaired) electrons. The van der Waals surface area contributed by atoms with Crippen LogP contribution in [0.5, 0.6) is 0 Å². The Balaban J connectivity index is 1.65. The Bertz CT molecular complexity index is 1380. The number of halogens is 1. The summed E-state index contributed by atoms with van der Waals surface area (Å²) in [7, 11) is -4.21. The highest BCUT2D eigenvalue weighted by Gasteiger charge is 2.42. The van der Waals surface area contributed by atoms with Crippen LogP contribution in [0.15, 0.2) is 65.8 Å². The number of carbonyl (C=O) groups excluding carboxylic acids is 2. The molecule has 0 unspecified atom stereocenters. The van der Waals surface area contributed by atoms with Gasteiger partial charge in [0.1, 0.15) is 6.04 Å². The lowest BCUT2D eigenvalue weighted by molar-refractivity contribution is -0.125. The Labute approximate surface area is 209 Å². The topological polar surface area (TPSA) is 108 Å². The number of nitrogens with one attached hydrogen (secondary N) is 2. The number of anilines is 2. The number of aromatic nitrogens is 1. The van der Waals surface area contributed by atoms with Crippen molar-refractivity contribution in [2.24, 2.45) is 0 Å². The second-order valence-corrected chi connectivity index (χ2v) is 10.5. The zero-order valence-corrected chi connectivity index (χ0v) is 20.9. The van der Waals surface area contributed by atoms with E-state index in [1.54, 1.807) is 56.6 Å². The molecule has 2 N–H and O–H groups in total. The standard InChI is InChI=1S/C25H25ClN4O4S/c1-16-14-23(17(2)13-19(16)26)35(33,34)30-21-6-4-3-5-20(21)29-25(32)22(30)15-24(31)28-12-9-18-7-10-27-11-8-18/h3-8,10-11,13-14,22H,9,12,15H2,1-2H3,(H,28,31)(H,29,32)/t22-/m0/s1. The van der Waals surface area contributed by atoms with Crippen molar-refractivity contribution < 1.29 is 18.0 Å². The van der Waals surface area contributed by atoms with Crippen molar-refractivity contribution in [2.75, 3.05) is 16.2 Å². The van der Waals surface area contributed by atoms with Gasteiger partial charge in [0.15, 0.2) is 0 Å². The molecule has 1 atom stereocenters. The number of rotatable bonds is 7. The van der Waals surface area contributed by atoms with Crippen molar-refractivity contribution in [3.63, 3.8) is 0 Å². The van der Waals surface area contributed by atoms with Crippen molar-refractivity contribution in [2.45, 2.75) is 37.6 Å². The Hall–Kier alpha value is -3.43. The smallest absolute Gasteiger partial charge is 0.265 e. The van der Waals surface area contributed by atoms with E-state index >= 15 is 0 Å². The molecule has 4 rings (SSSR count). The summed E-state index contributed by atoms with van der Waals surface area (Å²) in [6.45, 7) is 3.70. The van der Waals surface area contributed by atoms with Gasteiger partial charge in [-0.3, -0.25) is 18.9 Å². The molecule has 0 saturated carbocycles. The summed E-state index contributed by atoms with van der Waals surface area (Å²) in [4.78, 5) is 29.8. The van der Waals surface area contributed by atoms with E-state index in [-0.39, 0.29) is 11.3 Å². The van der Waals surface area contributed by atoms with Gasteiger partial charge in [-0.2, -0.15) is 0 Å². The third kappa shape index (κ3) is 5.16. The van der Waals surface area contributed by atoms with Crippen LogP contribution in [0.25, 0.3) is 0 Å². The Kier molecular flexibility index (Phi) is 7.09. The van der Waals surface area contributed by atoms with Gasteiger partial charge in [-0.15, -0.1) is 0 Å². The van der Waals surface area contributed by atoms with Gasteiger partial charge in [-0.25, -0.2) is 8.42 Å². The number of sulfonamides is 1. The number of para-hydroxylation sites is 2. The lowest BCUT2D eigenvalue weighted by Gasteiger charge is -2.37. The monoisotopic (exact) mass is 512 g/mol. The molecule has 182 valence electrons. The van der Waals surface area contributed by atoms with Crippen molar-refractivity contribution in [3.8, 4) is 0 Å². The maximum Gasteiger partial charge on any atom is 0.265 e. The van der Waals surface area contributed by atoms with Crippen molar-refractivity contribution in [3.05, 3.63) is 82.6 Å². The van der Waals surface area contributed by atoms with Gasteiger partial charge in [-0.05, 0) is 73.4 Å². The van der Waals surface area contributed by atoms with Crippen LogP contribution < -0.4 is 14.9 Å². The van der Waals surface area contributed by atoms with Gasteiger partial charge in [0, 0.05) is 24.0 Å². The van der Waals surface area contributed by atoms with Crippen LogP contribution >= 0.6 is 11.6 Å². The first-order valence-electron chi connectivity index (χ1n) is 11.0. The molecule has 0 bridgehead atoms. The van der Waals surface area contributed by atoms with E-state index in [9.17, 15) is 18.0 Å². The summed E-state index contributed by atoms with van der Waals surface area (Å²) in [6.07, 6.45) is 3.59. The van der Waals surface area contributed by atoms with E-state index in [1.807, 2.05) is 12.1 Å². The maximum atomic E-state index is 13.9. The highest BCUT2D eigenvalue weighted by atomic mass is 35.5. The summed E-state index contributed by atoms with van der Waals surface area (Å²) in [5, 5.41) is 5.96. The molecule has 35 heavy (non-hydrogen) atoms. The number of hydrogen-bond donors (Lipinski definition) is 2. The Morgan fingerprint density at radius 2 is 1.83 bits per heavy atom. The molecule has 1 aliphatic heterocycles. The first-order chi connectivity index (χ1) is 16.7. The van der Waals surface area contributed by atoms with Gasteiger partial charge < -0.3 is 10.6 Å². The summed E-state index contributed by atoms with van der Waals surface area (Å²) >= 11 is 6.19. The number of amides is 2. The van der Waals surface area contributed by atoms with Crippen molar-refractivity contribution in [1.29, 1.82) is 0 Å². The first-order valence-corrected chi connectivity index (χ1v) is 12.9. The number of aryl methyl sites for hydroxylation is 2. The van der Waals surface area contributed by atoms with E-state index in [0.29, 0.717) is 40.5 Å². The highest BCUT2D eigenvalue weighted by molar-refractivity contribution is 7.93. The molecule has 0 fully saturated rings. The normalized spacial score (nSPS) is 15.3. The van der Waals surface area contributed by atoms with Gasteiger partial charge in [0.2, 0.25) is 11.8 Å². The molecule has 2 heterocycles. The van der Waals surface area contributed by atoms with E-state index in [4.69, 9.17) is 11.6 Å². The van der Waals surface area contributed by atoms with Crippen molar-refractivity contribution >= 4 is 44.8 Å². The number of benzene rings is 2. The molecule has 3 aromatic rings. The molecule has 0 saturated heterocycles. The zero-order chi connectivity index (χ0) is 25.2. The number of pyridine rings is 1. The summed E-state index contributed by atoms with van der Waals surface area (Å²) in [5.74, 6) is -0.998. The molecular formula is C25H25ClN4O4S. The highest BCUT2D eigenvalue weighted by Crippen LogP contribution is 2.38. The average Bonchev–Trinajstić information content (AvgIpc) is 2.82. The van der Waals surface area contributed by atoms with E-state index in [0.717, 1.165) is 9.87 Å². The third-order valence-electron chi connectivity index (χ3n) is 5.84. The predicted molar refractivity (Wildman–Crippen MR) is 135 cm³/mol. The minimum atomic E-state index is -4.21. The predicted octanol–water partition coefficient (Wildman–Crippen LogP) is 3.62. The second kappa shape index (κ2) is 10.1. The molecule has 2 aromatic carbocycles. The van der Waals surface area contributed by atoms with E-state index < -0.39 is 27.9 Å². The maximum absolute atomic E-state index is 13.9. The molecule has 1 aromatic heterocycles. The van der Waals surface area contributed by atoms with Gasteiger partial charge in [-0.1, -0.05) is 23.7 Å². The van der Waals surface area contributed by atoms with Crippen LogP contribution in [0.3, 0.4) is 0 Å². The van der Waals surface area contributed by atoms with Crippen LogP contribution in [-0.4, -0.2) is 37.8 Å². The van der Waals surface area contributed by atoms with E-state index in [2.05, 4.69) is 15.6 Å². The van der Waals surface area contributed by atoms with E-state index in [1.165, 1.54) is 6.07 Å². The Morgan fingerprint density at radius 1 is 1.11 bits per heavy atom. The second-order valence-electron chi connectivity index (χ2n) is 8.35. The van der Waals surface area contributed by atoms with Crippen LogP contribution in [-0.2, 0) is 26.0 Å². The zero-order valence-electron chi connectivity index (χ0n) is 19.3. The molecule has 1 aliphatic rings. The summed E-state index contributed by atoms with van der Waals surface area (Å²) < 4.78 is 28.9. The lowest BCUT2D eigenvalue weighted by Crippen LogP contribution is -2.53. The molecule has 0 spiro atoms.